The Balaban J connectivity index is 3.24. The number of rotatable bonds is 2. The van der Waals surface area contributed by atoms with Gasteiger partial charge in [0.2, 0.25) is 0 Å². The lowest BCUT2D eigenvalue weighted by Crippen LogP contribution is -2.24. The largest absolute Gasteiger partial charge is 0.259 e. The quantitative estimate of drug-likeness (QED) is 0.577. The minimum atomic E-state index is -3.46. The van der Waals surface area contributed by atoms with Crippen molar-refractivity contribution in [1.82, 2.24) is 9.29 Å². The molecule has 1 aromatic rings. The van der Waals surface area contributed by atoms with Gasteiger partial charge in [0.1, 0.15) is 7.85 Å². The molecule has 0 aliphatic heterocycles. The van der Waals surface area contributed by atoms with Gasteiger partial charge in [-0.15, -0.1) is 0 Å². The van der Waals surface area contributed by atoms with E-state index in [1.165, 1.54) is 32.4 Å². The van der Waals surface area contributed by atoms with Crippen LogP contribution in [0.25, 0.3) is 0 Å². The lowest BCUT2D eigenvalue weighted by atomic mass is 9.98. The molecule has 0 fully saturated rings. The van der Waals surface area contributed by atoms with Crippen LogP contribution in [-0.2, 0) is 10.0 Å². The van der Waals surface area contributed by atoms with Crippen LogP contribution in [0, 0.1) is 0 Å². The van der Waals surface area contributed by atoms with Crippen LogP contribution in [0.2, 0.25) is 0 Å². The summed E-state index contributed by atoms with van der Waals surface area (Å²) in [5, 5.41) is -0.0301. The van der Waals surface area contributed by atoms with E-state index in [4.69, 9.17) is 7.85 Å². The molecule has 0 N–H and O–H groups in total. The van der Waals surface area contributed by atoms with Gasteiger partial charge in [0.05, 0.1) is 0 Å². The third-order valence-corrected chi connectivity index (χ3v) is 3.22. The van der Waals surface area contributed by atoms with E-state index in [-0.39, 0.29) is 5.03 Å². The summed E-state index contributed by atoms with van der Waals surface area (Å²) < 4.78 is 24.1. The second-order valence-electron chi connectivity index (χ2n) is 2.71. The molecule has 0 saturated heterocycles. The fourth-order valence-corrected chi connectivity index (χ4v) is 1.61. The first-order chi connectivity index (χ1) is 5.94. The molecule has 0 spiro atoms. The number of hydrogen-bond donors (Lipinski definition) is 0. The van der Waals surface area contributed by atoms with Crippen molar-refractivity contribution in [2.75, 3.05) is 14.1 Å². The summed E-state index contributed by atoms with van der Waals surface area (Å²) in [6.45, 7) is 0. The maximum Gasteiger partial charge on any atom is 0.259 e. The van der Waals surface area contributed by atoms with Gasteiger partial charge in [0.25, 0.3) is 10.0 Å². The monoisotopic (exact) mass is 196 g/mol. The molecule has 1 heterocycles. The van der Waals surface area contributed by atoms with E-state index < -0.39 is 10.0 Å². The standard InChI is InChI=1S/C7H9BN2O2S/c1-10(2)13(11,12)7-5-6(8)3-4-9-7/h3-5H,1-2H3. The molecule has 13 heavy (non-hydrogen) atoms. The van der Waals surface area contributed by atoms with Crippen LogP contribution < -0.4 is 5.46 Å². The first kappa shape index (κ1) is 10.2. The van der Waals surface area contributed by atoms with Crippen molar-refractivity contribution in [2.45, 2.75) is 5.03 Å². The normalized spacial score (nSPS) is 11.9. The second kappa shape index (κ2) is 3.47. The predicted octanol–water partition coefficient (Wildman–Crippen LogP) is -0.874. The maximum absolute atomic E-state index is 11.5. The molecule has 0 aliphatic rings. The molecule has 0 amide bonds. The number of aromatic nitrogens is 1. The molecule has 0 aromatic carbocycles. The fraction of sp³-hybridized carbons (Fsp3) is 0.286. The molecule has 2 radical (unpaired) electrons. The first-order valence-electron chi connectivity index (χ1n) is 3.58. The molecular formula is C7H9BN2O2S. The Morgan fingerprint density at radius 3 is 2.54 bits per heavy atom. The number of nitrogens with zero attached hydrogens (tertiary/aromatic N) is 2. The molecule has 0 saturated carbocycles. The zero-order chi connectivity index (χ0) is 10.1. The average Bonchev–Trinajstić information content (AvgIpc) is 2.04. The molecule has 1 rings (SSSR count). The summed E-state index contributed by atoms with van der Waals surface area (Å²) >= 11 is 0. The molecule has 68 valence electrons. The van der Waals surface area contributed by atoms with Gasteiger partial charge in [-0.3, -0.25) is 0 Å². The highest BCUT2D eigenvalue weighted by Crippen LogP contribution is 2.06. The molecule has 1 aromatic heterocycles. The Kier molecular flexibility index (Phi) is 2.73. The van der Waals surface area contributed by atoms with Crippen molar-refractivity contribution < 1.29 is 8.42 Å². The highest BCUT2D eigenvalue weighted by molar-refractivity contribution is 7.89. The van der Waals surface area contributed by atoms with Gasteiger partial charge in [-0.1, -0.05) is 11.5 Å². The summed E-state index contributed by atoms with van der Waals surface area (Å²) in [5.74, 6) is 0. The van der Waals surface area contributed by atoms with Crippen LogP contribution in [0.4, 0.5) is 0 Å². The van der Waals surface area contributed by atoms with E-state index in [0.717, 1.165) is 4.31 Å². The molecule has 0 unspecified atom stereocenters. The molecular weight excluding hydrogens is 187 g/mol. The molecule has 6 heteroatoms. The Hall–Kier alpha value is -0.875. The van der Waals surface area contributed by atoms with Crippen molar-refractivity contribution in [3.05, 3.63) is 18.3 Å². The van der Waals surface area contributed by atoms with Gasteiger partial charge in [-0.25, -0.2) is 17.7 Å². The number of sulfonamides is 1. The van der Waals surface area contributed by atoms with E-state index in [1.54, 1.807) is 0 Å². The lowest BCUT2D eigenvalue weighted by Gasteiger charge is -2.10. The summed E-state index contributed by atoms with van der Waals surface area (Å²) in [6.07, 6.45) is 1.37. The SMILES string of the molecule is [B]c1ccnc(S(=O)(=O)N(C)C)c1. The zero-order valence-electron chi connectivity index (χ0n) is 7.43. The van der Waals surface area contributed by atoms with Crippen LogP contribution in [0.5, 0.6) is 0 Å². The minimum absolute atomic E-state index is 0.0301. The van der Waals surface area contributed by atoms with E-state index >= 15 is 0 Å². The van der Waals surface area contributed by atoms with E-state index in [2.05, 4.69) is 4.98 Å². The average molecular weight is 196 g/mol. The Bertz CT molecular complexity index is 403. The predicted molar refractivity (Wildman–Crippen MR) is 50.5 cm³/mol. The van der Waals surface area contributed by atoms with E-state index in [1.807, 2.05) is 0 Å². The molecule has 0 aliphatic carbocycles. The minimum Gasteiger partial charge on any atom is -0.243 e. The Morgan fingerprint density at radius 2 is 2.08 bits per heavy atom. The summed E-state index contributed by atoms with van der Waals surface area (Å²) in [6, 6.07) is 2.87. The maximum atomic E-state index is 11.5. The van der Waals surface area contributed by atoms with Crippen LogP contribution in [-0.4, -0.2) is 39.6 Å². The summed E-state index contributed by atoms with van der Waals surface area (Å²) in [7, 11) is 4.86. The zero-order valence-corrected chi connectivity index (χ0v) is 8.25. The molecule has 0 atom stereocenters. The first-order valence-corrected chi connectivity index (χ1v) is 5.02. The fourth-order valence-electron chi connectivity index (χ4n) is 0.753. The van der Waals surface area contributed by atoms with Gasteiger partial charge in [-0.2, -0.15) is 0 Å². The molecule has 4 nitrogen and oxygen atoms in total. The van der Waals surface area contributed by atoms with Crippen molar-refractivity contribution in [2.24, 2.45) is 0 Å². The topological polar surface area (TPSA) is 50.3 Å². The van der Waals surface area contributed by atoms with Crippen LogP contribution in [0.3, 0.4) is 0 Å². The van der Waals surface area contributed by atoms with Gasteiger partial charge in [-0.05, 0) is 6.07 Å². The van der Waals surface area contributed by atoms with Crippen molar-refractivity contribution in [1.29, 1.82) is 0 Å². The lowest BCUT2D eigenvalue weighted by molar-refractivity contribution is 0.517. The van der Waals surface area contributed by atoms with E-state index in [9.17, 15) is 8.42 Å². The Morgan fingerprint density at radius 1 is 1.46 bits per heavy atom. The van der Waals surface area contributed by atoms with Crippen LogP contribution in [0.15, 0.2) is 23.4 Å². The van der Waals surface area contributed by atoms with Crippen molar-refractivity contribution >= 4 is 23.3 Å². The molecule has 0 bridgehead atoms. The van der Waals surface area contributed by atoms with Gasteiger partial charge in [0, 0.05) is 20.3 Å². The van der Waals surface area contributed by atoms with E-state index in [0.29, 0.717) is 5.46 Å². The summed E-state index contributed by atoms with van der Waals surface area (Å²) in [5.41, 5.74) is 0.385. The van der Waals surface area contributed by atoms with Gasteiger partial charge < -0.3 is 0 Å². The highest BCUT2D eigenvalue weighted by atomic mass is 32.2. The van der Waals surface area contributed by atoms with Gasteiger partial charge >= 0.3 is 0 Å². The highest BCUT2D eigenvalue weighted by Gasteiger charge is 2.17. The number of hydrogen-bond acceptors (Lipinski definition) is 3. The second-order valence-corrected chi connectivity index (χ2v) is 4.81. The van der Waals surface area contributed by atoms with Crippen molar-refractivity contribution in [3.8, 4) is 0 Å². The smallest absolute Gasteiger partial charge is 0.243 e. The van der Waals surface area contributed by atoms with Gasteiger partial charge in [0.15, 0.2) is 5.03 Å². The van der Waals surface area contributed by atoms with Crippen molar-refractivity contribution in [3.63, 3.8) is 0 Å². The van der Waals surface area contributed by atoms with Crippen LogP contribution in [0.1, 0.15) is 0 Å². The number of pyridine rings is 1. The Labute approximate surface area is 79.1 Å². The third-order valence-electron chi connectivity index (χ3n) is 1.50. The third kappa shape index (κ3) is 2.08. The van der Waals surface area contributed by atoms with Crippen LogP contribution >= 0.6 is 0 Å². The summed E-state index contributed by atoms with van der Waals surface area (Å²) in [4.78, 5) is 3.72.